The SMILES string of the molecule is CC(=O)OC[Si](C)(C)Cc1ccccc1. The molecule has 1 aromatic carbocycles. The molecule has 0 unspecified atom stereocenters. The summed E-state index contributed by atoms with van der Waals surface area (Å²) in [4.78, 5) is 10.7. The lowest BCUT2D eigenvalue weighted by Crippen LogP contribution is -2.36. The maximum absolute atomic E-state index is 10.7. The van der Waals surface area contributed by atoms with E-state index in [1.807, 2.05) is 18.2 Å². The Morgan fingerprint density at radius 3 is 2.40 bits per heavy atom. The molecule has 0 atom stereocenters. The molecule has 0 aliphatic carbocycles. The summed E-state index contributed by atoms with van der Waals surface area (Å²) in [6.07, 6.45) is 0.608. The Balaban J connectivity index is 2.52. The average Bonchev–Trinajstić information content (AvgIpc) is 2.16. The summed E-state index contributed by atoms with van der Waals surface area (Å²) < 4.78 is 5.10. The highest BCUT2D eigenvalue weighted by Gasteiger charge is 2.22. The summed E-state index contributed by atoms with van der Waals surface area (Å²) in [5.41, 5.74) is 1.33. The van der Waals surface area contributed by atoms with Crippen LogP contribution in [-0.4, -0.2) is 20.3 Å². The molecule has 0 saturated heterocycles. The average molecular weight is 222 g/mol. The summed E-state index contributed by atoms with van der Waals surface area (Å²) in [6.45, 7) is 5.94. The van der Waals surface area contributed by atoms with E-state index < -0.39 is 8.07 Å². The van der Waals surface area contributed by atoms with Crippen LogP contribution in [0.2, 0.25) is 13.1 Å². The molecule has 0 spiro atoms. The minimum absolute atomic E-state index is 0.177. The molecule has 0 aliphatic heterocycles. The number of benzene rings is 1. The lowest BCUT2D eigenvalue weighted by Gasteiger charge is -2.21. The van der Waals surface area contributed by atoms with Crippen molar-refractivity contribution in [2.24, 2.45) is 0 Å². The molecule has 0 N–H and O–H groups in total. The van der Waals surface area contributed by atoms with Crippen LogP contribution in [0, 0.1) is 0 Å². The summed E-state index contributed by atoms with van der Waals surface area (Å²) in [5.74, 6) is -0.177. The molecule has 0 aromatic heterocycles. The van der Waals surface area contributed by atoms with Crippen LogP contribution in [-0.2, 0) is 15.6 Å². The molecule has 15 heavy (non-hydrogen) atoms. The summed E-state index contributed by atoms with van der Waals surface area (Å²) in [6, 6.07) is 11.4. The smallest absolute Gasteiger partial charge is 0.302 e. The van der Waals surface area contributed by atoms with Gasteiger partial charge in [0.05, 0.1) is 14.3 Å². The molecular weight excluding hydrogens is 204 g/mol. The van der Waals surface area contributed by atoms with Crippen LogP contribution in [0.3, 0.4) is 0 Å². The van der Waals surface area contributed by atoms with E-state index in [2.05, 4.69) is 25.2 Å². The largest absolute Gasteiger partial charge is 0.470 e. The number of esters is 1. The second kappa shape index (κ2) is 5.12. The predicted molar refractivity (Wildman–Crippen MR) is 64.3 cm³/mol. The first-order chi connectivity index (χ1) is 6.99. The molecule has 0 amide bonds. The standard InChI is InChI=1S/C12H18O2Si/c1-11(13)14-10-15(2,3)9-12-7-5-4-6-8-12/h4-8H,9-10H2,1-3H3. The third-order valence-electron chi connectivity index (χ3n) is 2.19. The van der Waals surface area contributed by atoms with Gasteiger partial charge in [-0.25, -0.2) is 0 Å². The van der Waals surface area contributed by atoms with Crippen molar-refractivity contribution >= 4 is 14.0 Å². The van der Waals surface area contributed by atoms with Crippen molar-refractivity contribution in [3.63, 3.8) is 0 Å². The van der Waals surface area contributed by atoms with Crippen LogP contribution in [0.15, 0.2) is 30.3 Å². The number of hydrogen-bond donors (Lipinski definition) is 0. The van der Waals surface area contributed by atoms with Gasteiger partial charge in [-0.2, -0.15) is 0 Å². The van der Waals surface area contributed by atoms with E-state index in [4.69, 9.17) is 4.74 Å². The van der Waals surface area contributed by atoms with E-state index in [9.17, 15) is 4.79 Å². The molecule has 0 radical (unpaired) electrons. The van der Waals surface area contributed by atoms with Crippen molar-refractivity contribution in [3.05, 3.63) is 35.9 Å². The first-order valence-electron chi connectivity index (χ1n) is 5.17. The van der Waals surface area contributed by atoms with Gasteiger partial charge in [0.15, 0.2) is 0 Å². The third kappa shape index (κ3) is 4.79. The van der Waals surface area contributed by atoms with Crippen molar-refractivity contribution in [3.8, 4) is 0 Å². The Labute approximate surface area is 92.3 Å². The lowest BCUT2D eigenvalue weighted by molar-refractivity contribution is -0.139. The molecule has 0 aliphatic rings. The maximum atomic E-state index is 10.7. The molecule has 0 saturated carbocycles. The molecular formula is C12H18O2Si. The van der Waals surface area contributed by atoms with E-state index in [1.54, 1.807) is 0 Å². The second-order valence-electron chi connectivity index (χ2n) is 4.61. The predicted octanol–water partition coefficient (Wildman–Crippen LogP) is 2.58. The highest BCUT2D eigenvalue weighted by molar-refractivity contribution is 6.76. The molecule has 3 heteroatoms. The molecule has 82 valence electrons. The van der Waals surface area contributed by atoms with Crippen molar-refractivity contribution < 1.29 is 9.53 Å². The summed E-state index contributed by atoms with van der Waals surface area (Å²) >= 11 is 0. The van der Waals surface area contributed by atoms with Crippen LogP contribution < -0.4 is 0 Å². The quantitative estimate of drug-likeness (QED) is 0.578. The lowest BCUT2D eigenvalue weighted by atomic mass is 10.2. The number of rotatable bonds is 4. The minimum Gasteiger partial charge on any atom is -0.470 e. The maximum Gasteiger partial charge on any atom is 0.302 e. The monoisotopic (exact) mass is 222 g/mol. The zero-order chi connectivity index (χ0) is 11.3. The first kappa shape index (κ1) is 12.0. The highest BCUT2D eigenvalue weighted by atomic mass is 28.3. The Kier molecular flexibility index (Phi) is 4.09. The highest BCUT2D eigenvalue weighted by Crippen LogP contribution is 2.12. The van der Waals surface area contributed by atoms with E-state index in [0.29, 0.717) is 6.23 Å². The first-order valence-corrected chi connectivity index (χ1v) is 8.58. The van der Waals surface area contributed by atoms with E-state index in [-0.39, 0.29) is 5.97 Å². The summed E-state index contributed by atoms with van der Waals surface area (Å²) in [7, 11) is -1.45. The normalized spacial score (nSPS) is 11.1. The van der Waals surface area contributed by atoms with Crippen LogP contribution in [0.25, 0.3) is 0 Å². The van der Waals surface area contributed by atoms with Crippen molar-refractivity contribution in [1.29, 1.82) is 0 Å². The van der Waals surface area contributed by atoms with Gasteiger partial charge >= 0.3 is 5.97 Å². The van der Waals surface area contributed by atoms with Crippen LogP contribution in [0.4, 0.5) is 0 Å². The topological polar surface area (TPSA) is 26.3 Å². The van der Waals surface area contributed by atoms with Gasteiger partial charge < -0.3 is 4.74 Å². The molecule has 1 aromatic rings. The Hall–Kier alpha value is -1.09. The van der Waals surface area contributed by atoms with E-state index >= 15 is 0 Å². The zero-order valence-corrected chi connectivity index (χ0v) is 10.6. The fraction of sp³-hybridized carbons (Fsp3) is 0.417. The van der Waals surface area contributed by atoms with Crippen molar-refractivity contribution in [2.45, 2.75) is 26.1 Å². The van der Waals surface area contributed by atoms with Gasteiger partial charge in [-0.05, 0) is 6.04 Å². The molecule has 2 nitrogen and oxygen atoms in total. The second-order valence-corrected chi connectivity index (χ2v) is 9.58. The van der Waals surface area contributed by atoms with Gasteiger partial charge in [-0.1, -0.05) is 49.0 Å². The number of ether oxygens (including phenoxy) is 1. The number of carbonyl (C=O) groups is 1. The van der Waals surface area contributed by atoms with Gasteiger partial charge in [-0.3, -0.25) is 4.79 Å². The van der Waals surface area contributed by atoms with E-state index in [0.717, 1.165) is 6.04 Å². The molecule has 1 rings (SSSR count). The van der Waals surface area contributed by atoms with Gasteiger partial charge in [0.2, 0.25) is 0 Å². The molecule has 0 fully saturated rings. The minimum atomic E-state index is -1.45. The fourth-order valence-electron chi connectivity index (χ4n) is 1.50. The van der Waals surface area contributed by atoms with Crippen LogP contribution in [0.5, 0.6) is 0 Å². The molecule has 0 bridgehead atoms. The third-order valence-corrected chi connectivity index (χ3v) is 4.48. The zero-order valence-electron chi connectivity index (χ0n) is 9.62. The van der Waals surface area contributed by atoms with Crippen LogP contribution >= 0.6 is 0 Å². The molecule has 0 heterocycles. The summed E-state index contributed by atoms with van der Waals surface area (Å²) in [5, 5.41) is 0. The number of carbonyl (C=O) groups excluding carboxylic acids is 1. The van der Waals surface area contributed by atoms with Gasteiger partial charge in [0.1, 0.15) is 0 Å². The van der Waals surface area contributed by atoms with Gasteiger partial charge in [-0.15, -0.1) is 0 Å². The van der Waals surface area contributed by atoms with Crippen molar-refractivity contribution in [2.75, 3.05) is 6.23 Å². The van der Waals surface area contributed by atoms with Gasteiger partial charge in [0, 0.05) is 6.92 Å². The van der Waals surface area contributed by atoms with Crippen LogP contribution in [0.1, 0.15) is 12.5 Å². The number of hydrogen-bond acceptors (Lipinski definition) is 2. The fourth-order valence-corrected chi connectivity index (χ4v) is 3.53. The Morgan fingerprint density at radius 2 is 1.87 bits per heavy atom. The Morgan fingerprint density at radius 1 is 1.27 bits per heavy atom. The Bertz CT molecular complexity index is 320. The van der Waals surface area contributed by atoms with E-state index in [1.165, 1.54) is 12.5 Å². The van der Waals surface area contributed by atoms with Gasteiger partial charge in [0.25, 0.3) is 0 Å². The van der Waals surface area contributed by atoms with Crippen molar-refractivity contribution in [1.82, 2.24) is 0 Å².